The third kappa shape index (κ3) is 4.43. The van der Waals surface area contributed by atoms with Crippen LogP contribution < -0.4 is 9.64 Å². The van der Waals surface area contributed by atoms with Crippen LogP contribution in [0.4, 0.5) is 5.82 Å². The average molecular weight is 393 g/mol. The number of carbonyl (C=O) groups excluding carboxylic acids is 1. The lowest BCUT2D eigenvalue weighted by atomic mass is 9.99. The van der Waals surface area contributed by atoms with Gasteiger partial charge in [-0.2, -0.15) is 0 Å². The molecule has 0 radical (unpaired) electrons. The molecule has 6 heteroatoms. The number of amides is 1. The molecule has 1 saturated heterocycles. The molecule has 2 aliphatic heterocycles. The van der Waals surface area contributed by atoms with E-state index in [2.05, 4.69) is 35.0 Å². The molecule has 2 aromatic rings. The lowest BCUT2D eigenvalue weighted by Crippen LogP contribution is -2.41. The third-order valence-electron chi connectivity index (χ3n) is 5.51. The van der Waals surface area contributed by atoms with Crippen molar-refractivity contribution in [1.29, 1.82) is 0 Å². The number of carbonyl (C=O) groups is 1. The summed E-state index contributed by atoms with van der Waals surface area (Å²) in [6.07, 6.45) is 4.89. The van der Waals surface area contributed by atoms with Crippen LogP contribution >= 0.6 is 0 Å². The highest BCUT2D eigenvalue weighted by Crippen LogP contribution is 2.25. The van der Waals surface area contributed by atoms with Crippen LogP contribution in [0.5, 0.6) is 5.75 Å². The summed E-state index contributed by atoms with van der Waals surface area (Å²) in [4.78, 5) is 21.6. The smallest absolute Gasteiger partial charge is 0.254 e. The van der Waals surface area contributed by atoms with Crippen LogP contribution in [0.3, 0.4) is 0 Å². The van der Waals surface area contributed by atoms with Crippen LogP contribution in [0.2, 0.25) is 0 Å². The van der Waals surface area contributed by atoms with Crippen LogP contribution in [-0.4, -0.2) is 61.8 Å². The fourth-order valence-corrected chi connectivity index (χ4v) is 3.85. The quantitative estimate of drug-likeness (QED) is 0.798. The molecule has 2 aliphatic rings. The van der Waals surface area contributed by atoms with Crippen molar-refractivity contribution in [1.82, 2.24) is 9.88 Å². The van der Waals surface area contributed by atoms with Crippen molar-refractivity contribution in [3.8, 4) is 5.75 Å². The molecule has 152 valence electrons. The minimum atomic E-state index is 0.0555. The number of pyridine rings is 1. The summed E-state index contributed by atoms with van der Waals surface area (Å²) >= 11 is 0. The van der Waals surface area contributed by atoms with Gasteiger partial charge in [-0.15, -0.1) is 0 Å². The van der Waals surface area contributed by atoms with Gasteiger partial charge in [0.25, 0.3) is 5.91 Å². The van der Waals surface area contributed by atoms with E-state index in [4.69, 9.17) is 9.47 Å². The van der Waals surface area contributed by atoms with Crippen molar-refractivity contribution in [2.45, 2.75) is 19.4 Å². The zero-order chi connectivity index (χ0) is 20.2. The Hall–Kier alpha value is -2.86. The Balaban J connectivity index is 1.44. The molecule has 0 aliphatic carbocycles. The summed E-state index contributed by atoms with van der Waals surface area (Å²) in [6.45, 7) is 5.66. The van der Waals surface area contributed by atoms with E-state index in [0.717, 1.165) is 31.1 Å². The Bertz CT molecular complexity index is 894. The van der Waals surface area contributed by atoms with E-state index in [1.807, 2.05) is 23.1 Å². The van der Waals surface area contributed by atoms with E-state index in [1.54, 1.807) is 19.4 Å². The standard InChI is InChI=1S/C23H27N3O3/c1-17-16-26(13-14-29-17)22-15-20(7-10-24-22)23(27)25-11-8-19(9-12-25)18-3-5-21(28-2)6-4-18/h3-8,10,15,17H,9,11-14,16H2,1-2H3/t17-/m0/s1. The minimum absolute atomic E-state index is 0.0555. The number of benzene rings is 1. The third-order valence-corrected chi connectivity index (χ3v) is 5.51. The topological polar surface area (TPSA) is 54.9 Å². The van der Waals surface area contributed by atoms with Gasteiger partial charge < -0.3 is 19.3 Å². The normalized spacial score (nSPS) is 19.7. The zero-order valence-corrected chi connectivity index (χ0v) is 17.0. The Morgan fingerprint density at radius 2 is 2.03 bits per heavy atom. The highest BCUT2D eigenvalue weighted by molar-refractivity contribution is 5.95. The molecule has 1 atom stereocenters. The van der Waals surface area contributed by atoms with Gasteiger partial charge in [0.05, 0.1) is 19.8 Å². The molecule has 1 aromatic carbocycles. The van der Waals surface area contributed by atoms with Gasteiger partial charge in [0.1, 0.15) is 11.6 Å². The summed E-state index contributed by atoms with van der Waals surface area (Å²) in [6, 6.07) is 11.8. The van der Waals surface area contributed by atoms with Crippen molar-refractivity contribution in [3.63, 3.8) is 0 Å². The van der Waals surface area contributed by atoms with E-state index < -0.39 is 0 Å². The van der Waals surface area contributed by atoms with E-state index >= 15 is 0 Å². The Labute approximate surface area is 171 Å². The van der Waals surface area contributed by atoms with Crippen molar-refractivity contribution in [2.24, 2.45) is 0 Å². The number of ether oxygens (including phenoxy) is 2. The van der Waals surface area contributed by atoms with E-state index in [1.165, 1.54) is 11.1 Å². The number of anilines is 1. The molecule has 1 amide bonds. The number of nitrogens with zero attached hydrogens (tertiary/aromatic N) is 3. The van der Waals surface area contributed by atoms with Crippen molar-refractivity contribution < 1.29 is 14.3 Å². The number of hydrogen-bond acceptors (Lipinski definition) is 5. The lowest BCUT2D eigenvalue weighted by Gasteiger charge is -2.32. The predicted octanol–water partition coefficient (Wildman–Crippen LogP) is 3.24. The summed E-state index contributed by atoms with van der Waals surface area (Å²) in [5, 5.41) is 0. The molecule has 3 heterocycles. The fraction of sp³-hybridized carbons (Fsp3) is 0.391. The molecule has 1 fully saturated rings. The molecule has 0 spiro atoms. The lowest BCUT2D eigenvalue weighted by molar-refractivity contribution is 0.0529. The molecule has 1 aromatic heterocycles. The van der Waals surface area contributed by atoms with Gasteiger partial charge >= 0.3 is 0 Å². The first-order chi connectivity index (χ1) is 14.1. The minimum Gasteiger partial charge on any atom is -0.497 e. The maximum Gasteiger partial charge on any atom is 0.254 e. The van der Waals surface area contributed by atoms with Crippen LogP contribution in [0, 0.1) is 0 Å². The largest absolute Gasteiger partial charge is 0.497 e. The molecular formula is C23H27N3O3. The summed E-state index contributed by atoms with van der Waals surface area (Å²) < 4.78 is 10.8. The van der Waals surface area contributed by atoms with E-state index in [-0.39, 0.29) is 12.0 Å². The molecule has 4 rings (SSSR count). The maximum atomic E-state index is 13.0. The number of hydrogen-bond donors (Lipinski definition) is 0. The van der Waals surface area contributed by atoms with Gasteiger partial charge in [-0.1, -0.05) is 18.2 Å². The monoisotopic (exact) mass is 393 g/mol. The predicted molar refractivity (Wildman–Crippen MR) is 113 cm³/mol. The Morgan fingerprint density at radius 1 is 1.21 bits per heavy atom. The molecule has 0 N–H and O–H groups in total. The van der Waals surface area contributed by atoms with Gasteiger partial charge in [-0.25, -0.2) is 4.98 Å². The molecular weight excluding hydrogens is 366 g/mol. The number of aromatic nitrogens is 1. The van der Waals surface area contributed by atoms with Crippen molar-refractivity contribution in [3.05, 3.63) is 59.8 Å². The second-order valence-corrected chi connectivity index (χ2v) is 7.49. The van der Waals surface area contributed by atoms with Gasteiger partial charge in [0.2, 0.25) is 0 Å². The second-order valence-electron chi connectivity index (χ2n) is 7.49. The highest BCUT2D eigenvalue weighted by Gasteiger charge is 2.22. The van der Waals surface area contributed by atoms with Crippen LogP contribution in [0.1, 0.15) is 29.3 Å². The average Bonchev–Trinajstić information content (AvgIpc) is 2.79. The molecule has 29 heavy (non-hydrogen) atoms. The molecule has 0 saturated carbocycles. The first-order valence-corrected chi connectivity index (χ1v) is 10.1. The first-order valence-electron chi connectivity index (χ1n) is 10.1. The number of rotatable bonds is 4. The summed E-state index contributed by atoms with van der Waals surface area (Å²) in [5.41, 5.74) is 3.15. The number of morpholine rings is 1. The highest BCUT2D eigenvalue weighted by atomic mass is 16.5. The fourth-order valence-electron chi connectivity index (χ4n) is 3.85. The van der Waals surface area contributed by atoms with E-state index in [0.29, 0.717) is 25.3 Å². The van der Waals surface area contributed by atoms with Crippen molar-refractivity contribution in [2.75, 3.05) is 44.8 Å². The number of methoxy groups -OCH3 is 1. The van der Waals surface area contributed by atoms with Crippen LogP contribution in [0.15, 0.2) is 48.7 Å². The van der Waals surface area contributed by atoms with Gasteiger partial charge in [-0.05, 0) is 48.7 Å². The second kappa shape index (κ2) is 8.66. The van der Waals surface area contributed by atoms with Gasteiger partial charge in [0.15, 0.2) is 0 Å². The maximum absolute atomic E-state index is 13.0. The zero-order valence-electron chi connectivity index (χ0n) is 17.0. The van der Waals surface area contributed by atoms with E-state index in [9.17, 15) is 4.79 Å². The summed E-state index contributed by atoms with van der Waals surface area (Å²) in [5.74, 6) is 1.75. The SMILES string of the molecule is COc1ccc(C2=CCN(C(=O)c3ccnc(N4CCO[C@@H](C)C4)c3)CC2)cc1. The van der Waals surface area contributed by atoms with Crippen molar-refractivity contribution >= 4 is 17.3 Å². The molecule has 6 nitrogen and oxygen atoms in total. The summed E-state index contributed by atoms with van der Waals surface area (Å²) in [7, 11) is 1.67. The first kappa shape index (κ1) is 19.5. The van der Waals surface area contributed by atoms with Gasteiger partial charge in [0, 0.05) is 37.9 Å². The molecule has 0 unspecified atom stereocenters. The molecule has 0 bridgehead atoms. The van der Waals surface area contributed by atoms with Gasteiger partial charge in [-0.3, -0.25) is 4.79 Å². The Kier molecular flexibility index (Phi) is 5.81. The van der Waals surface area contributed by atoms with Crippen LogP contribution in [-0.2, 0) is 4.74 Å². The Morgan fingerprint density at radius 3 is 2.72 bits per heavy atom. The van der Waals surface area contributed by atoms with Crippen LogP contribution in [0.25, 0.3) is 5.57 Å².